The van der Waals surface area contributed by atoms with Gasteiger partial charge in [0.15, 0.2) is 0 Å². The average Bonchev–Trinajstić information content (AvgIpc) is 3.01. The Morgan fingerprint density at radius 2 is 1.88 bits per heavy atom. The molecule has 1 aromatic heterocycles. The second kappa shape index (κ2) is 6.37. The molecule has 0 spiro atoms. The van der Waals surface area contributed by atoms with Crippen molar-refractivity contribution in [1.29, 1.82) is 0 Å². The lowest BCUT2D eigenvalue weighted by molar-refractivity contribution is 0.414. The number of rotatable bonds is 5. The predicted molar refractivity (Wildman–Crippen MR) is 90.5 cm³/mol. The van der Waals surface area contributed by atoms with Crippen molar-refractivity contribution in [2.24, 2.45) is 0 Å². The number of sulfonamides is 1. The van der Waals surface area contributed by atoms with Gasteiger partial charge in [-0.05, 0) is 49.4 Å². The van der Waals surface area contributed by atoms with Crippen molar-refractivity contribution >= 4 is 15.7 Å². The molecule has 2 aromatic carbocycles. The van der Waals surface area contributed by atoms with Crippen LogP contribution in [0.25, 0.3) is 11.5 Å². The molecule has 0 bridgehead atoms. The van der Waals surface area contributed by atoms with E-state index in [0.717, 1.165) is 0 Å². The van der Waals surface area contributed by atoms with Gasteiger partial charge in [0.25, 0.3) is 10.0 Å². The maximum absolute atomic E-state index is 12.5. The van der Waals surface area contributed by atoms with Crippen molar-refractivity contribution in [2.75, 3.05) is 11.8 Å². The Kier molecular flexibility index (Phi) is 4.26. The first kappa shape index (κ1) is 16.1. The zero-order valence-electron chi connectivity index (χ0n) is 13.2. The normalized spacial score (nSPS) is 11.2. The Hall–Kier alpha value is -2.80. The monoisotopic (exact) mass is 344 g/mol. The van der Waals surface area contributed by atoms with Gasteiger partial charge in [0, 0.05) is 11.3 Å². The summed E-state index contributed by atoms with van der Waals surface area (Å²) in [6.07, 6.45) is 1.61. The van der Waals surface area contributed by atoms with Crippen LogP contribution in [0.3, 0.4) is 0 Å². The molecule has 3 aromatic rings. The summed E-state index contributed by atoms with van der Waals surface area (Å²) in [5.74, 6) is 1.72. The Morgan fingerprint density at radius 1 is 1.12 bits per heavy atom. The number of ether oxygens (including phenoxy) is 1. The summed E-state index contributed by atoms with van der Waals surface area (Å²) in [5, 5.41) is 0. The minimum Gasteiger partial charge on any atom is -0.497 e. The van der Waals surface area contributed by atoms with Crippen molar-refractivity contribution in [3.8, 4) is 17.2 Å². The Balaban J connectivity index is 1.87. The number of anilines is 1. The molecule has 0 fully saturated rings. The quantitative estimate of drug-likeness (QED) is 0.766. The summed E-state index contributed by atoms with van der Waals surface area (Å²) < 4.78 is 38.0. The van der Waals surface area contributed by atoms with Crippen LogP contribution in [0, 0.1) is 6.92 Å². The summed E-state index contributed by atoms with van der Waals surface area (Å²) in [7, 11) is -2.16. The Labute approximate surface area is 140 Å². The molecule has 0 saturated heterocycles. The van der Waals surface area contributed by atoms with Crippen LogP contribution in [0.4, 0.5) is 5.69 Å². The maximum atomic E-state index is 12.5. The SMILES string of the molecule is COc1ccc(S(=O)(=O)Nc2cccc(-c3ncc(C)o3)c2)cc1. The number of nitrogens with zero attached hydrogens (tertiary/aromatic N) is 1. The number of aryl methyl sites for hydroxylation is 1. The summed E-state index contributed by atoms with van der Waals surface area (Å²) in [4.78, 5) is 4.30. The molecule has 0 aliphatic heterocycles. The fourth-order valence-corrected chi connectivity index (χ4v) is 3.22. The lowest BCUT2D eigenvalue weighted by Gasteiger charge is -2.09. The van der Waals surface area contributed by atoms with Crippen LogP contribution >= 0.6 is 0 Å². The number of nitrogens with one attached hydrogen (secondary N) is 1. The number of oxazole rings is 1. The lowest BCUT2D eigenvalue weighted by atomic mass is 10.2. The minimum atomic E-state index is -3.69. The molecule has 0 aliphatic carbocycles. The highest BCUT2D eigenvalue weighted by atomic mass is 32.2. The fourth-order valence-electron chi connectivity index (χ4n) is 2.17. The largest absolute Gasteiger partial charge is 0.497 e. The molecule has 0 amide bonds. The topological polar surface area (TPSA) is 81.4 Å². The van der Waals surface area contributed by atoms with E-state index >= 15 is 0 Å². The highest BCUT2D eigenvalue weighted by Gasteiger charge is 2.15. The third-order valence-electron chi connectivity index (χ3n) is 3.35. The van der Waals surface area contributed by atoms with Gasteiger partial charge in [-0.1, -0.05) is 6.07 Å². The first-order chi connectivity index (χ1) is 11.5. The first-order valence-corrected chi connectivity index (χ1v) is 8.66. The van der Waals surface area contributed by atoms with E-state index in [1.165, 1.54) is 19.2 Å². The molecule has 0 aliphatic rings. The van der Waals surface area contributed by atoms with E-state index in [1.54, 1.807) is 49.5 Å². The molecule has 3 rings (SSSR count). The van der Waals surface area contributed by atoms with Crippen molar-refractivity contribution in [1.82, 2.24) is 4.98 Å². The number of hydrogen-bond acceptors (Lipinski definition) is 5. The summed E-state index contributed by atoms with van der Waals surface area (Å²) in [6, 6.07) is 13.1. The molecule has 6 nitrogen and oxygen atoms in total. The predicted octanol–water partition coefficient (Wildman–Crippen LogP) is 3.46. The van der Waals surface area contributed by atoms with Crippen LogP contribution in [0.15, 0.2) is 64.0 Å². The molecule has 0 unspecified atom stereocenters. The van der Waals surface area contributed by atoms with Gasteiger partial charge in [0.2, 0.25) is 5.89 Å². The second-order valence-corrected chi connectivity index (χ2v) is 6.82. The molecular weight excluding hydrogens is 328 g/mol. The van der Waals surface area contributed by atoms with E-state index in [-0.39, 0.29) is 4.90 Å². The first-order valence-electron chi connectivity index (χ1n) is 7.18. The molecule has 0 atom stereocenters. The fraction of sp³-hybridized carbons (Fsp3) is 0.118. The second-order valence-electron chi connectivity index (χ2n) is 5.14. The van der Waals surface area contributed by atoms with Gasteiger partial charge in [0.1, 0.15) is 11.5 Å². The number of hydrogen-bond donors (Lipinski definition) is 1. The zero-order valence-corrected chi connectivity index (χ0v) is 14.0. The van der Waals surface area contributed by atoms with Crippen LogP contribution in [0.2, 0.25) is 0 Å². The van der Waals surface area contributed by atoms with E-state index in [4.69, 9.17) is 9.15 Å². The van der Waals surface area contributed by atoms with Gasteiger partial charge in [-0.25, -0.2) is 13.4 Å². The number of aromatic nitrogens is 1. The molecule has 1 heterocycles. The van der Waals surface area contributed by atoms with Crippen molar-refractivity contribution in [3.05, 3.63) is 60.5 Å². The molecule has 1 N–H and O–H groups in total. The highest BCUT2D eigenvalue weighted by Crippen LogP contribution is 2.24. The van der Waals surface area contributed by atoms with Gasteiger partial charge in [-0.3, -0.25) is 4.72 Å². The van der Waals surface area contributed by atoms with E-state index < -0.39 is 10.0 Å². The van der Waals surface area contributed by atoms with Gasteiger partial charge in [-0.2, -0.15) is 0 Å². The highest BCUT2D eigenvalue weighted by molar-refractivity contribution is 7.92. The smallest absolute Gasteiger partial charge is 0.261 e. The Morgan fingerprint density at radius 3 is 2.50 bits per heavy atom. The lowest BCUT2D eigenvalue weighted by Crippen LogP contribution is -2.12. The van der Waals surface area contributed by atoms with E-state index in [2.05, 4.69) is 9.71 Å². The van der Waals surface area contributed by atoms with Gasteiger partial charge in [-0.15, -0.1) is 0 Å². The summed E-state index contributed by atoms with van der Waals surface area (Å²) in [5.41, 5.74) is 1.12. The summed E-state index contributed by atoms with van der Waals surface area (Å²) in [6.45, 7) is 1.80. The van der Waals surface area contributed by atoms with Crippen molar-refractivity contribution in [3.63, 3.8) is 0 Å². The molecule has 24 heavy (non-hydrogen) atoms. The van der Waals surface area contributed by atoms with Crippen LogP contribution in [-0.2, 0) is 10.0 Å². The van der Waals surface area contributed by atoms with Gasteiger partial charge in [0.05, 0.1) is 18.2 Å². The van der Waals surface area contributed by atoms with Gasteiger partial charge >= 0.3 is 0 Å². The van der Waals surface area contributed by atoms with E-state index in [9.17, 15) is 8.42 Å². The van der Waals surface area contributed by atoms with E-state index in [1.807, 2.05) is 0 Å². The molecular formula is C17H16N2O4S. The van der Waals surface area contributed by atoms with Crippen molar-refractivity contribution < 1.29 is 17.6 Å². The van der Waals surface area contributed by atoms with Crippen molar-refractivity contribution in [2.45, 2.75) is 11.8 Å². The van der Waals surface area contributed by atoms with Crippen LogP contribution < -0.4 is 9.46 Å². The third kappa shape index (κ3) is 3.41. The Bertz CT molecular complexity index is 947. The van der Waals surface area contributed by atoms with Crippen LogP contribution in [-0.4, -0.2) is 20.5 Å². The maximum Gasteiger partial charge on any atom is 0.261 e. The number of benzene rings is 2. The number of methoxy groups -OCH3 is 1. The van der Waals surface area contributed by atoms with Gasteiger partial charge < -0.3 is 9.15 Å². The minimum absolute atomic E-state index is 0.153. The van der Waals surface area contributed by atoms with E-state index in [0.29, 0.717) is 28.7 Å². The molecule has 124 valence electrons. The van der Waals surface area contributed by atoms with Crippen LogP contribution in [0.5, 0.6) is 5.75 Å². The molecule has 0 radical (unpaired) electrons. The summed E-state index contributed by atoms with van der Waals surface area (Å²) >= 11 is 0. The molecule has 0 saturated carbocycles. The molecule has 7 heteroatoms. The standard InChI is InChI=1S/C17H16N2O4S/c1-12-11-18-17(23-12)13-4-3-5-14(10-13)19-24(20,21)16-8-6-15(22-2)7-9-16/h3-11,19H,1-2H3. The third-order valence-corrected chi connectivity index (χ3v) is 4.75. The average molecular weight is 344 g/mol. The zero-order chi connectivity index (χ0) is 17.2. The van der Waals surface area contributed by atoms with Crippen LogP contribution in [0.1, 0.15) is 5.76 Å².